The van der Waals surface area contributed by atoms with Gasteiger partial charge in [0.1, 0.15) is 48.8 Å². The van der Waals surface area contributed by atoms with Gasteiger partial charge in [-0.2, -0.15) is 0 Å². The van der Waals surface area contributed by atoms with E-state index in [4.69, 9.17) is 18.9 Å². The third-order valence-electron chi connectivity index (χ3n) is 17.0. The molecule has 2 saturated heterocycles. The van der Waals surface area contributed by atoms with Crippen molar-refractivity contribution >= 4 is 5.91 Å². The fourth-order valence-corrected chi connectivity index (χ4v) is 11.4. The van der Waals surface area contributed by atoms with Gasteiger partial charge in [-0.15, -0.1) is 0 Å². The molecule has 14 heteroatoms. The first kappa shape index (κ1) is 78.0. The molecule has 0 aromatic rings. The number of hydrogen-bond donors (Lipinski definition) is 9. The van der Waals surface area contributed by atoms with Crippen LogP contribution in [0, 0.1) is 0 Å². The molecular weight excluding hydrogens is 1060 g/mol. The third kappa shape index (κ3) is 39.1. The van der Waals surface area contributed by atoms with Crippen LogP contribution in [-0.4, -0.2) is 140 Å². The minimum Gasteiger partial charge on any atom is -0.394 e. The lowest BCUT2D eigenvalue weighted by atomic mass is 9.97. The molecule has 2 fully saturated rings. The van der Waals surface area contributed by atoms with Gasteiger partial charge in [-0.05, 0) is 70.6 Å². The highest BCUT2D eigenvalue weighted by molar-refractivity contribution is 5.76. The molecule has 12 atom stereocenters. The molecule has 0 bridgehead atoms. The maximum absolute atomic E-state index is 13.3. The summed E-state index contributed by atoms with van der Waals surface area (Å²) in [5.41, 5.74) is 0. The Morgan fingerprint density at radius 1 is 0.417 bits per heavy atom. The van der Waals surface area contributed by atoms with Crippen molar-refractivity contribution in [2.45, 2.75) is 370 Å². The molecule has 0 aliphatic carbocycles. The average Bonchev–Trinajstić information content (AvgIpc) is 3.16. The van der Waals surface area contributed by atoms with Gasteiger partial charge < -0.3 is 65.1 Å². The van der Waals surface area contributed by atoms with E-state index < -0.39 is 86.8 Å². The van der Waals surface area contributed by atoms with Crippen molar-refractivity contribution in [1.29, 1.82) is 0 Å². The molecule has 9 N–H and O–H groups in total. The summed E-state index contributed by atoms with van der Waals surface area (Å²) in [4.78, 5) is 13.3. The first-order valence-corrected chi connectivity index (χ1v) is 34.9. The van der Waals surface area contributed by atoms with Crippen LogP contribution >= 0.6 is 0 Å². The second kappa shape index (κ2) is 55.1. The van der Waals surface area contributed by atoms with Crippen molar-refractivity contribution in [3.05, 3.63) is 48.6 Å². The van der Waals surface area contributed by atoms with E-state index in [1.807, 2.05) is 6.08 Å². The maximum Gasteiger partial charge on any atom is 0.220 e. The van der Waals surface area contributed by atoms with Crippen LogP contribution in [0.2, 0.25) is 0 Å². The van der Waals surface area contributed by atoms with Gasteiger partial charge in [0.15, 0.2) is 12.6 Å². The van der Waals surface area contributed by atoms with Crippen LogP contribution in [0.4, 0.5) is 0 Å². The summed E-state index contributed by atoms with van der Waals surface area (Å²) in [5, 5.41) is 87.3. The monoisotopic (exact) mass is 1190 g/mol. The summed E-state index contributed by atoms with van der Waals surface area (Å²) >= 11 is 0. The van der Waals surface area contributed by atoms with Crippen LogP contribution in [0.5, 0.6) is 0 Å². The normalized spacial score (nSPS) is 23.9. The summed E-state index contributed by atoms with van der Waals surface area (Å²) in [7, 11) is 0. The van der Waals surface area contributed by atoms with Gasteiger partial charge in [-0.25, -0.2) is 0 Å². The molecule has 84 heavy (non-hydrogen) atoms. The van der Waals surface area contributed by atoms with Crippen LogP contribution in [-0.2, 0) is 23.7 Å². The Hall–Kier alpha value is -2.05. The number of amides is 1. The first-order valence-electron chi connectivity index (χ1n) is 34.9. The van der Waals surface area contributed by atoms with Gasteiger partial charge in [0.25, 0.3) is 0 Å². The largest absolute Gasteiger partial charge is 0.394 e. The Balaban J connectivity index is 1.69. The van der Waals surface area contributed by atoms with Crippen molar-refractivity contribution in [2.24, 2.45) is 0 Å². The molecule has 14 nitrogen and oxygen atoms in total. The average molecular weight is 1190 g/mol. The molecule has 2 aliphatic rings. The second-order valence-electron chi connectivity index (χ2n) is 24.6. The number of rotatable bonds is 57. The van der Waals surface area contributed by atoms with Gasteiger partial charge >= 0.3 is 0 Å². The SMILES string of the molecule is CCCCCCCCC/C=C\CCCCCCCCCC(=O)NC(COC1OC(CO)C(OC2OC(CO)C(O)C(O)C2O)C(O)C1O)C(O)/C=C/CC/C=C/CC/C=C/CCCCCCCCCCCCCCCCCCCCCCCC. The van der Waals surface area contributed by atoms with Gasteiger partial charge in [0, 0.05) is 6.42 Å². The number of hydrogen-bond acceptors (Lipinski definition) is 13. The molecule has 492 valence electrons. The molecule has 12 unspecified atom stereocenters. The topological polar surface area (TPSA) is 228 Å². The van der Waals surface area contributed by atoms with E-state index in [1.54, 1.807) is 6.08 Å². The third-order valence-corrected chi connectivity index (χ3v) is 17.0. The Kier molecular flexibility index (Phi) is 51.1. The summed E-state index contributed by atoms with van der Waals surface area (Å²) in [5.74, 6) is -0.256. The van der Waals surface area contributed by atoms with Gasteiger partial charge in [0.2, 0.25) is 5.91 Å². The highest BCUT2D eigenvalue weighted by atomic mass is 16.7. The van der Waals surface area contributed by atoms with E-state index in [2.05, 4.69) is 55.6 Å². The number of carbonyl (C=O) groups is 1. The van der Waals surface area contributed by atoms with Crippen LogP contribution in [0.15, 0.2) is 48.6 Å². The van der Waals surface area contributed by atoms with Crippen molar-refractivity contribution < 1.29 is 64.6 Å². The van der Waals surface area contributed by atoms with Crippen molar-refractivity contribution in [3.8, 4) is 0 Å². The van der Waals surface area contributed by atoms with Gasteiger partial charge in [-0.3, -0.25) is 4.79 Å². The van der Waals surface area contributed by atoms with Crippen molar-refractivity contribution in [3.63, 3.8) is 0 Å². The summed E-state index contributed by atoms with van der Waals surface area (Å²) in [6.07, 6.45) is 54.7. The molecule has 0 spiro atoms. The lowest BCUT2D eigenvalue weighted by Crippen LogP contribution is -2.65. The van der Waals surface area contributed by atoms with E-state index in [9.17, 15) is 45.6 Å². The summed E-state index contributed by atoms with van der Waals surface area (Å²) in [6, 6.07) is -0.942. The number of unbranched alkanes of at least 4 members (excludes halogenated alkanes) is 38. The standard InChI is InChI=1S/C70H129NO13/c1-3-5-7-9-11-13-15-17-19-21-23-24-25-26-27-28-29-30-31-32-33-34-35-36-37-39-41-43-45-47-49-51-53-59(74)58(71-62(75)54-52-50-48-46-44-42-40-38-22-20-18-16-14-12-10-8-6-4-2)57-81-69-67(80)65(78)68(61(56-73)83-69)84-70-66(79)64(77)63(76)60(55-72)82-70/h20,22,36-37,43,45,51,53,58-61,63-70,72-74,76-80H,3-19,21,23-35,38-42,44,46-50,52,54-57H2,1-2H3,(H,71,75)/b22-20-,37-36+,45-43+,53-51+. The molecule has 2 rings (SSSR count). The number of ether oxygens (including phenoxy) is 4. The smallest absolute Gasteiger partial charge is 0.220 e. The minimum atomic E-state index is -1.79. The lowest BCUT2D eigenvalue weighted by molar-refractivity contribution is -0.359. The predicted molar refractivity (Wildman–Crippen MR) is 341 cm³/mol. The zero-order valence-corrected chi connectivity index (χ0v) is 53.4. The second-order valence-corrected chi connectivity index (χ2v) is 24.6. The molecule has 0 saturated carbocycles. The highest BCUT2D eigenvalue weighted by Crippen LogP contribution is 2.30. The zero-order valence-electron chi connectivity index (χ0n) is 53.4. The number of aliphatic hydroxyl groups excluding tert-OH is 8. The molecule has 0 aromatic carbocycles. The summed E-state index contributed by atoms with van der Waals surface area (Å²) < 4.78 is 22.8. The van der Waals surface area contributed by atoms with Gasteiger partial charge in [-0.1, -0.05) is 268 Å². The number of carbonyl (C=O) groups excluding carboxylic acids is 1. The number of aliphatic hydroxyl groups is 8. The maximum atomic E-state index is 13.3. The Labute approximate surface area is 512 Å². The Bertz CT molecular complexity index is 1590. The fraction of sp³-hybridized carbons (Fsp3) is 0.871. The van der Waals surface area contributed by atoms with E-state index in [-0.39, 0.29) is 18.9 Å². The Morgan fingerprint density at radius 3 is 1.17 bits per heavy atom. The fourth-order valence-electron chi connectivity index (χ4n) is 11.4. The number of allylic oxidation sites excluding steroid dienone is 7. The first-order chi connectivity index (χ1) is 41.1. The van der Waals surface area contributed by atoms with Gasteiger partial charge in [0.05, 0.1) is 32.0 Å². The zero-order chi connectivity index (χ0) is 60.9. The molecule has 1 amide bonds. The van der Waals surface area contributed by atoms with Crippen molar-refractivity contribution in [2.75, 3.05) is 19.8 Å². The lowest BCUT2D eigenvalue weighted by Gasteiger charge is -2.46. The minimum absolute atomic E-state index is 0.256. The van der Waals surface area contributed by atoms with E-state index >= 15 is 0 Å². The summed E-state index contributed by atoms with van der Waals surface area (Å²) in [6.45, 7) is 2.80. The van der Waals surface area contributed by atoms with E-state index in [1.165, 1.54) is 212 Å². The Morgan fingerprint density at radius 2 is 0.762 bits per heavy atom. The van der Waals surface area contributed by atoms with Crippen LogP contribution in [0.1, 0.15) is 296 Å². The van der Waals surface area contributed by atoms with E-state index in [0.717, 1.165) is 51.4 Å². The number of nitrogens with one attached hydrogen (secondary N) is 1. The molecule has 0 aromatic heterocycles. The van der Waals surface area contributed by atoms with Crippen LogP contribution in [0.25, 0.3) is 0 Å². The molecule has 2 aliphatic heterocycles. The van der Waals surface area contributed by atoms with Crippen LogP contribution in [0.3, 0.4) is 0 Å². The van der Waals surface area contributed by atoms with Crippen molar-refractivity contribution in [1.82, 2.24) is 5.32 Å². The highest BCUT2D eigenvalue weighted by Gasteiger charge is 2.51. The van der Waals surface area contributed by atoms with Crippen LogP contribution < -0.4 is 5.32 Å². The van der Waals surface area contributed by atoms with E-state index in [0.29, 0.717) is 12.8 Å². The molecule has 2 heterocycles. The molecule has 0 radical (unpaired) electrons. The molecular formula is C70H129NO13. The predicted octanol–water partition coefficient (Wildman–Crippen LogP) is 13.9. The quantitative estimate of drug-likeness (QED) is 0.0204.